The Labute approximate surface area is 110 Å². The molecule has 1 heteroatoms. The largest absolute Gasteiger partial charge is 0.396 e. The predicted octanol–water partition coefficient (Wildman–Crippen LogP) is 5.42. The van der Waals surface area contributed by atoms with Gasteiger partial charge in [0.15, 0.2) is 0 Å². The van der Waals surface area contributed by atoms with Gasteiger partial charge < -0.3 is 5.11 Å². The smallest absolute Gasteiger partial charge is 0.0431 e. The third kappa shape index (κ3) is 25.9. The molecule has 0 aromatic rings. The molecular weight excluding hydrogens is 208 g/mol. The van der Waals surface area contributed by atoms with Crippen molar-refractivity contribution in [3.63, 3.8) is 0 Å². The first-order valence-corrected chi connectivity index (χ1v) is 7.44. The monoisotopic (exact) mass is 244 g/mol. The summed E-state index contributed by atoms with van der Waals surface area (Å²) in [5.74, 6) is 0.843. The van der Waals surface area contributed by atoms with Crippen molar-refractivity contribution >= 4 is 0 Å². The summed E-state index contributed by atoms with van der Waals surface area (Å²) in [6, 6.07) is 0. The fourth-order valence-electron chi connectivity index (χ4n) is 2.12. The summed E-state index contributed by atoms with van der Waals surface area (Å²) in [6.07, 6.45) is 8.82. The van der Waals surface area contributed by atoms with E-state index in [1.807, 2.05) is 0 Å². The lowest BCUT2D eigenvalue weighted by atomic mass is 9.86. The molecule has 0 aliphatic heterocycles. The quantitative estimate of drug-likeness (QED) is 0.593. The lowest BCUT2D eigenvalue weighted by Crippen LogP contribution is -2.08. The van der Waals surface area contributed by atoms with Crippen LogP contribution in [0.1, 0.15) is 86.5 Å². The highest BCUT2D eigenvalue weighted by Crippen LogP contribution is 2.23. The van der Waals surface area contributed by atoms with Crippen molar-refractivity contribution in [2.45, 2.75) is 86.5 Å². The Morgan fingerprint density at radius 2 is 1.35 bits per heavy atom. The van der Waals surface area contributed by atoms with Gasteiger partial charge in [0.1, 0.15) is 0 Å². The zero-order chi connectivity index (χ0) is 13.7. The van der Waals surface area contributed by atoms with Crippen molar-refractivity contribution in [2.75, 3.05) is 6.61 Å². The second kappa shape index (κ2) is 12.4. The van der Waals surface area contributed by atoms with Crippen LogP contribution in [-0.4, -0.2) is 11.7 Å². The van der Waals surface area contributed by atoms with Crippen LogP contribution in [0.15, 0.2) is 0 Å². The Morgan fingerprint density at radius 1 is 0.882 bits per heavy atom. The molecule has 106 valence electrons. The Balaban J connectivity index is 0. The summed E-state index contributed by atoms with van der Waals surface area (Å²) >= 11 is 0. The maximum absolute atomic E-state index is 8.42. The Hall–Kier alpha value is -0.0400. The Bertz CT molecular complexity index is 127. The number of hydrogen-bond acceptors (Lipinski definition) is 1. The van der Waals surface area contributed by atoms with Crippen LogP contribution in [0.5, 0.6) is 0 Å². The first-order valence-electron chi connectivity index (χ1n) is 7.44. The molecule has 0 spiro atoms. The molecule has 0 atom stereocenters. The van der Waals surface area contributed by atoms with Crippen LogP contribution in [0.4, 0.5) is 0 Å². The van der Waals surface area contributed by atoms with Gasteiger partial charge in [-0.2, -0.15) is 0 Å². The van der Waals surface area contributed by atoms with Crippen molar-refractivity contribution in [1.82, 2.24) is 0 Å². The van der Waals surface area contributed by atoms with Gasteiger partial charge >= 0.3 is 0 Å². The Kier molecular flexibility index (Phi) is 14.1. The maximum Gasteiger partial charge on any atom is 0.0431 e. The van der Waals surface area contributed by atoms with E-state index < -0.39 is 0 Å². The van der Waals surface area contributed by atoms with Gasteiger partial charge in [0.2, 0.25) is 0 Å². The highest BCUT2D eigenvalue weighted by molar-refractivity contribution is 4.62. The molecule has 0 aromatic carbocycles. The third-order valence-electron chi connectivity index (χ3n) is 2.53. The van der Waals surface area contributed by atoms with Crippen LogP contribution in [-0.2, 0) is 0 Å². The fraction of sp³-hybridized carbons (Fsp3) is 1.00. The maximum atomic E-state index is 8.42. The Morgan fingerprint density at radius 3 is 1.65 bits per heavy atom. The second-order valence-electron chi connectivity index (χ2n) is 6.65. The average Bonchev–Trinajstić information content (AvgIpc) is 2.15. The average molecular weight is 244 g/mol. The molecule has 0 aliphatic rings. The molecule has 0 saturated carbocycles. The van der Waals surface area contributed by atoms with Crippen molar-refractivity contribution in [3.05, 3.63) is 0 Å². The molecule has 0 fully saturated rings. The van der Waals surface area contributed by atoms with Crippen molar-refractivity contribution < 1.29 is 5.11 Å². The van der Waals surface area contributed by atoms with Crippen LogP contribution in [0.3, 0.4) is 0 Å². The van der Waals surface area contributed by atoms with Crippen LogP contribution < -0.4 is 0 Å². The van der Waals surface area contributed by atoms with Gasteiger partial charge in [0.25, 0.3) is 0 Å². The molecule has 0 radical (unpaired) electrons. The van der Waals surface area contributed by atoms with E-state index in [9.17, 15) is 0 Å². The van der Waals surface area contributed by atoms with Gasteiger partial charge in [-0.15, -0.1) is 0 Å². The number of hydrogen-bond donors (Lipinski definition) is 1. The van der Waals surface area contributed by atoms with E-state index in [2.05, 4.69) is 41.5 Å². The molecule has 1 N–H and O–H groups in total. The summed E-state index contributed by atoms with van der Waals surface area (Å²) in [5, 5.41) is 8.42. The number of aliphatic hydroxyl groups excluding tert-OH is 1. The van der Waals surface area contributed by atoms with Gasteiger partial charge in [-0.3, -0.25) is 0 Å². The summed E-state index contributed by atoms with van der Waals surface area (Å²) < 4.78 is 0. The highest BCUT2D eigenvalue weighted by Gasteiger charge is 2.11. The highest BCUT2D eigenvalue weighted by atomic mass is 16.2. The van der Waals surface area contributed by atoms with Gasteiger partial charge in [0, 0.05) is 6.61 Å². The molecule has 0 aromatic heterocycles. The molecular formula is C16H36O. The van der Waals surface area contributed by atoms with E-state index in [1.165, 1.54) is 38.5 Å². The summed E-state index contributed by atoms with van der Waals surface area (Å²) in [7, 11) is 0. The van der Waals surface area contributed by atoms with Crippen LogP contribution in [0.25, 0.3) is 0 Å². The fourth-order valence-corrected chi connectivity index (χ4v) is 2.12. The molecule has 0 heterocycles. The SMILES string of the molecule is CC(C)CC(C)(C)C.CCCCCCCCO. The number of unbranched alkanes of at least 4 members (excludes halogenated alkanes) is 5. The number of aliphatic hydroxyl groups is 1. The lowest BCUT2D eigenvalue weighted by Gasteiger charge is -2.19. The molecule has 17 heavy (non-hydrogen) atoms. The third-order valence-corrected chi connectivity index (χ3v) is 2.53. The van der Waals surface area contributed by atoms with Crippen LogP contribution in [0, 0.1) is 11.3 Å². The molecule has 0 rings (SSSR count). The van der Waals surface area contributed by atoms with Crippen molar-refractivity contribution in [1.29, 1.82) is 0 Å². The van der Waals surface area contributed by atoms with Crippen molar-refractivity contribution in [2.24, 2.45) is 11.3 Å². The van der Waals surface area contributed by atoms with E-state index >= 15 is 0 Å². The zero-order valence-corrected chi connectivity index (χ0v) is 13.2. The van der Waals surface area contributed by atoms with Crippen LogP contribution >= 0.6 is 0 Å². The minimum absolute atomic E-state index is 0.367. The molecule has 0 unspecified atom stereocenters. The second-order valence-corrected chi connectivity index (χ2v) is 6.65. The molecule has 0 bridgehead atoms. The molecule has 0 aliphatic carbocycles. The van der Waals surface area contributed by atoms with Gasteiger partial charge in [-0.05, 0) is 24.2 Å². The first kappa shape index (κ1) is 19.3. The van der Waals surface area contributed by atoms with Crippen molar-refractivity contribution in [3.8, 4) is 0 Å². The minimum Gasteiger partial charge on any atom is -0.396 e. The zero-order valence-electron chi connectivity index (χ0n) is 13.2. The summed E-state index contributed by atoms with van der Waals surface area (Å²) in [4.78, 5) is 0. The van der Waals surface area contributed by atoms with Gasteiger partial charge in [0.05, 0.1) is 0 Å². The van der Waals surface area contributed by atoms with Crippen LogP contribution in [0.2, 0.25) is 0 Å². The van der Waals surface area contributed by atoms with E-state index in [4.69, 9.17) is 5.11 Å². The van der Waals surface area contributed by atoms with E-state index in [0.717, 1.165) is 12.3 Å². The summed E-state index contributed by atoms with van der Waals surface area (Å²) in [5.41, 5.74) is 0.522. The lowest BCUT2D eigenvalue weighted by molar-refractivity contribution is 0.282. The van der Waals surface area contributed by atoms with Gasteiger partial charge in [-0.1, -0.05) is 73.6 Å². The van der Waals surface area contributed by atoms with Gasteiger partial charge in [-0.25, -0.2) is 0 Å². The van der Waals surface area contributed by atoms with E-state index in [-0.39, 0.29) is 0 Å². The molecule has 1 nitrogen and oxygen atoms in total. The first-order chi connectivity index (χ1) is 7.83. The standard InChI is InChI=1S/C8H18O.C8H18/c1-2-3-4-5-6-7-8-9;1-7(2)6-8(3,4)5/h9H,2-8H2,1H3;7H,6H2,1-5H3. The molecule has 0 amide bonds. The van der Waals surface area contributed by atoms with E-state index in [1.54, 1.807) is 0 Å². The van der Waals surface area contributed by atoms with E-state index in [0.29, 0.717) is 12.0 Å². The topological polar surface area (TPSA) is 20.2 Å². The summed E-state index contributed by atoms with van der Waals surface area (Å²) in [6.45, 7) is 14.0. The minimum atomic E-state index is 0.367. The normalized spacial score (nSPS) is 11.3. The number of rotatable bonds is 7. The molecule has 0 saturated heterocycles. The predicted molar refractivity (Wildman–Crippen MR) is 79.4 cm³/mol.